The Balaban J connectivity index is 2.05. The van der Waals surface area contributed by atoms with Gasteiger partial charge in [-0.15, -0.1) is 11.8 Å². The van der Waals surface area contributed by atoms with E-state index < -0.39 is 0 Å². The first-order valence-electron chi connectivity index (χ1n) is 4.68. The molecule has 0 saturated carbocycles. The minimum atomic E-state index is 0.163. The predicted octanol–water partition coefficient (Wildman–Crippen LogP) is 1.33. The number of nitrogens with two attached hydrogens (primary N) is 2. The van der Waals surface area contributed by atoms with Gasteiger partial charge in [0.2, 0.25) is 11.9 Å². The lowest BCUT2D eigenvalue weighted by molar-refractivity contribution is 0.988. The number of nitrogen functional groups attached to an aromatic ring is 2. The molecule has 0 aliphatic heterocycles. The van der Waals surface area contributed by atoms with Crippen LogP contribution in [0.1, 0.15) is 5.82 Å². The van der Waals surface area contributed by atoms with Gasteiger partial charge in [0, 0.05) is 4.90 Å². The van der Waals surface area contributed by atoms with Crippen LogP contribution in [0.15, 0.2) is 35.2 Å². The summed E-state index contributed by atoms with van der Waals surface area (Å²) in [6, 6.07) is 10.00. The predicted molar refractivity (Wildman–Crippen MR) is 64.7 cm³/mol. The van der Waals surface area contributed by atoms with Gasteiger partial charge in [0.1, 0.15) is 5.82 Å². The molecule has 0 unspecified atom stereocenters. The first-order chi connectivity index (χ1) is 7.74. The zero-order chi connectivity index (χ0) is 11.4. The van der Waals surface area contributed by atoms with Gasteiger partial charge in [-0.05, 0) is 12.1 Å². The Morgan fingerprint density at radius 3 is 2.19 bits per heavy atom. The average molecular weight is 233 g/mol. The van der Waals surface area contributed by atoms with Crippen molar-refractivity contribution < 1.29 is 0 Å². The highest BCUT2D eigenvalue weighted by Gasteiger charge is 2.02. The summed E-state index contributed by atoms with van der Waals surface area (Å²) in [6.07, 6.45) is 0. The molecule has 6 heteroatoms. The van der Waals surface area contributed by atoms with Crippen LogP contribution in [0.3, 0.4) is 0 Å². The largest absolute Gasteiger partial charge is 0.368 e. The molecular formula is C10H11N5S. The third kappa shape index (κ3) is 2.83. The van der Waals surface area contributed by atoms with E-state index in [1.54, 1.807) is 11.8 Å². The fourth-order valence-corrected chi connectivity index (χ4v) is 1.96. The second-order valence-electron chi connectivity index (χ2n) is 3.07. The van der Waals surface area contributed by atoms with Crippen molar-refractivity contribution in [1.29, 1.82) is 0 Å². The number of hydrogen-bond acceptors (Lipinski definition) is 6. The maximum atomic E-state index is 5.48. The van der Waals surface area contributed by atoms with Crippen molar-refractivity contribution in [2.75, 3.05) is 11.5 Å². The van der Waals surface area contributed by atoms with E-state index in [-0.39, 0.29) is 11.9 Å². The third-order valence-corrected chi connectivity index (χ3v) is 2.84. The highest BCUT2D eigenvalue weighted by atomic mass is 32.2. The van der Waals surface area contributed by atoms with E-state index in [2.05, 4.69) is 15.0 Å². The van der Waals surface area contributed by atoms with Gasteiger partial charge < -0.3 is 11.5 Å². The van der Waals surface area contributed by atoms with Crippen LogP contribution in [0, 0.1) is 0 Å². The van der Waals surface area contributed by atoms with Crippen LogP contribution in [0.25, 0.3) is 0 Å². The summed E-state index contributed by atoms with van der Waals surface area (Å²) in [4.78, 5) is 12.9. The topological polar surface area (TPSA) is 90.7 Å². The van der Waals surface area contributed by atoms with E-state index in [0.717, 1.165) is 4.90 Å². The summed E-state index contributed by atoms with van der Waals surface area (Å²) in [7, 11) is 0. The molecule has 16 heavy (non-hydrogen) atoms. The first kappa shape index (κ1) is 10.7. The van der Waals surface area contributed by atoms with Crippen molar-refractivity contribution in [1.82, 2.24) is 15.0 Å². The Hall–Kier alpha value is -1.82. The van der Waals surface area contributed by atoms with Crippen molar-refractivity contribution in [2.45, 2.75) is 10.6 Å². The van der Waals surface area contributed by atoms with Crippen LogP contribution < -0.4 is 11.5 Å². The lowest BCUT2D eigenvalue weighted by Gasteiger charge is -2.02. The van der Waals surface area contributed by atoms with Crippen LogP contribution in [-0.4, -0.2) is 15.0 Å². The minimum Gasteiger partial charge on any atom is -0.368 e. The van der Waals surface area contributed by atoms with E-state index >= 15 is 0 Å². The zero-order valence-corrected chi connectivity index (χ0v) is 9.31. The third-order valence-electron chi connectivity index (χ3n) is 1.83. The van der Waals surface area contributed by atoms with E-state index in [1.807, 2.05) is 30.3 Å². The number of rotatable bonds is 3. The van der Waals surface area contributed by atoms with Gasteiger partial charge in [0.05, 0.1) is 5.75 Å². The molecule has 5 nitrogen and oxygen atoms in total. The Morgan fingerprint density at radius 1 is 0.938 bits per heavy atom. The monoisotopic (exact) mass is 233 g/mol. The molecule has 2 rings (SSSR count). The van der Waals surface area contributed by atoms with Gasteiger partial charge in [0.15, 0.2) is 0 Å². The number of aromatic nitrogens is 3. The van der Waals surface area contributed by atoms with Crippen LogP contribution in [0.2, 0.25) is 0 Å². The molecule has 0 amide bonds. The summed E-state index contributed by atoms with van der Waals surface area (Å²) in [5.74, 6) is 1.55. The summed E-state index contributed by atoms with van der Waals surface area (Å²) in [5.41, 5.74) is 11.0. The normalized spacial score (nSPS) is 10.2. The Kier molecular flexibility index (Phi) is 3.21. The highest BCUT2D eigenvalue weighted by Crippen LogP contribution is 2.20. The Bertz CT molecular complexity index is 454. The van der Waals surface area contributed by atoms with E-state index in [4.69, 9.17) is 11.5 Å². The smallest absolute Gasteiger partial charge is 0.225 e. The first-order valence-corrected chi connectivity index (χ1v) is 5.66. The zero-order valence-electron chi connectivity index (χ0n) is 8.50. The number of thioether (sulfide) groups is 1. The Morgan fingerprint density at radius 2 is 1.56 bits per heavy atom. The fourth-order valence-electron chi connectivity index (χ4n) is 1.19. The highest BCUT2D eigenvalue weighted by molar-refractivity contribution is 7.98. The number of anilines is 2. The molecule has 1 aromatic heterocycles. The van der Waals surface area contributed by atoms with Gasteiger partial charge >= 0.3 is 0 Å². The van der Waals surface area contributed by atoms with E-state index in [9.17, 15) is 0 Å². The van der Waals surface area contributed by atoms with Crippen molar-refractivity contribution in [3.05, 3.63) is 36.2 Å². The molecule has 82 valence electrons. The van der Waals surface area contributed by atoms with E-state index in [0.29, 0.717) is 11.6 Å². The second kappa shape index (κ2) is 4.80. The molecule has 0 bridgehead atoms. The molecular weight excluding hydrogens is 222 g/mol. The van der Waals surface area contributed by atoms with Crippen LogP contribution >= 0.6 is 11.8 Å². The molecule has 0 fully saturated rings. The molecule has 0 saturated heterocycles. The standard InChI is InChI=1S/C10H11N5S/c11-9-13-8(14-10(12)15-9)6-16-7-4-2-1-3-5-7/h1-5H,6H2,(H4,11,12,13,14,15). The lowest BCUT2D eigenvalue weighted by atomic mass is 10.4. The van der Waals surface area contributed by atoms with Gasteiger partial charge in [-0.25, -0.2) is 0 Å². The van der Waals surface area contributed by atoms with E-state index in [1.165, 1.54) is 0 Å². The SMILES string of the molecule is Nc1nc(N)nc(CSc2ccccc2)n1. The van der Waals surface area contributed by atoms with Crippen molar-refractivity contribution >= 4 is 23.7 Å². The molecule has 0 aliphatic rings. The van der Waals surface area contributed by atoms with Crippen LogP contribution in [-0.2, 0) is 5.75 Å². The van der Waals surface area contributed by atoms with Crippen LogP contribution in [0.4, 0.5) is 11.9 Å². The summed E-state index contributed by atoms with van der Waals surface area (Å²) >= 11 is 1.63. The van der Waals surface area contributed by atoms with Crippen LogP contribution in [0.5, 0.6) is 0 Å². The second-order valence-corrected chi connectivity index (χ2v) is 4.12. The van der Waals surface area contributed by atoms with Gasteiger partial charge in [-0.1, -0.05) is 18.2 Å². The molecule has 0 radical (unpaired) electrons. The molecule has 0 atom stereocenters. The van der Waals surface area contributed by atoms with Gasteiger partial charge in [-0.3, -0.25) is 0 Å². The lowest BCUT2D eigenvalue weighted by Crippen LogP contribution is -2.05. The van der Waals surface area contributed by atoms with Crippen molar-refractivity contribution in [2.24, 2.45) is 0 Å². The summed E-state index contributed by atoms with van der Waals surface area (Å²) in [5, 5.41) is 0. The van der Waals surface area contributed by atoms with Crippen molar-refractivity contribution in [3.63, 3.8) is 0 Å². The number of nitrogens with zero attached hydrogens (tertiary/aromatic N) is 3. The number of benzene rings is 1. The molecule has 2 aromatic rings. The maximum Gasteiger partial charge on any atom is 0.225 e. The molecule has 1 heterocycles. The van der Waals surface area contributed by atoms with Gasteiger partial charge in [0.25, 0.3) is 0 Å². The summed E-state index contributed by atoms with van der Waals surface area (Å²) < 4.78 is 0. The average Bonchev–Trinajstić information content (AvgIpc) is 2.27. The molecule has 0 aliphatic carbocycles. The minimum absolute atomic E-state index is 0.163. The van der Waals surface area contributed by atoms with Crippen molar-refractivity contribution in [3.8, 4) is 0 Å². The Labute approximate surface area is 97.3 Å². The molecule has 4 N–H and O–H groups in total. The molecule has 1 aromatic carbocycles. The van der Waals surface area contributed by atoms with Gasteiger partial charge in [-0.2, -0.15) is 15.0 Å². The molecule has 0 spiro atoms. The number of hydrogen-bond donors (Lipinski definition) is 2. The quantitative estimate of drug-likeness (QED) is 0.777. The maximum absolute atomic E-state index is 5.48. The summed E-state index contributed by atoms with van der Waals surface area (Å²) in [6.45, 7) is 0. The fraction of sp³-hybridized carbons (Fsp3) is 0.100.